The molecule has 0 spiro atoms. The van der Waals surface area contributed by atoms with Gasteiger partial charge in [0.2, 0.25) is 5.95 Å². The first kappa shape index (κ1) is 14.4. The standard InChI is InChI=1S/C17H21N5O/c1-10(2)15-14-13(23-22-15)4-3-11-9-19-17(21-16(11)14)20-12-5-7-18-8-6-12/h3-4,9-10,12,18H,5-8H2,1-2H3,(H,19,20,21). The van der Waals surface area contributed by atoms with Crippen LogP contribution in [0.5, 0.6) is 0 Å². The number of hydrogen-bond acceptors (Lipinski definition) is 6. The predicted octanol–water partition coefficient (Wildman–Crippen LogP) is 3.06. The minimum atomic E-state index is 0.289. The number of hydrogen-bond donors (Lipinski definition) is 2. The lowest BCUT2D eigenvalue weighted by Crippen LogP contribution is -2.35. The highest BCUT2D eigenvalue weighted by atomic mass is 16.5. The van der Waals surface area contributed by atoms with Crippen LogP contribution in [0.4, 0.5) is 5.95 Å². The lowest BCUT2D eigenvalue weighted by molar-refractivity contribution is 0.441. The monoisotopic (exact) mass is 311 g/mol. The normalized spacial score (nSPS) is 16.5. The molecule has 4 rings (SSSR count). The maximum atomic E-state index is 5.47. The molecule has 0 amide bonds. The highest BCUT2D eigenvalue weighted by Gasteiger charge is 2.18. The molecule has 1 fully saturated rings. The summed E-state index contributed by atoms with van der Waals surface area (Å²) in [4.78, 5) is 9.24. The Kier molecular flexibility index (Phi) is 3.61. The zero-order chi connectivity index (χ0) is 15.8. The highest BCUT2D eigenvalue weighted by Crippen LogP contribution is 2.31. The van der Waals surface area contributed by atoms with Crippen LogP contribution in [0.2, 0.25) is 0 Å². The van der Waals surface area contributed by atoms with Crippen LogP contribution < -0.4 is 10.6 Å². The lowest BCUT2D eigenvalue weighted by atomic mass is 10.0. The molecule has 1 aromatic carbocycles. The van der Waals surface area contributed by atoms with E-state index in [1.165, 1.54) is 0 Å². The molecular formula is C17H21N5O. The maximum absolute atomic E-state index is 5.47. The fraction of sp³-hybridized carbons (Fsp3) is 0.471. The number of piperidine rings is 1. The summed E-state index contributed by atoms with van der Waals surface area (Å²) in [7, 11) is 0. The van der Waals surface area contributed by atoms with E-state index in [1.807, 2.05) is 18.3 Å². The van der Waals surface area contributed by atoms with Crippen LogP contribution >= 0.6 is 0 Å². The SMILES string of the molecule is CC(C)c1noc2ccc3cnc(NC4CCNCC4)nc3c12. The van der Waals surface area contributed by atoms with Crippen LogP contribution in [0.25, 0.3) is 21.9 Å². The largest absolute Gasteiger partial charge is 0.356 e. The highest BCUT2D eigenvalue weighted by molar-refractivity contribution is 6.04. The maximum Gasteiger partial charge on any atom is 0.223 e. The number of nitrogens with zero attached hydrogens (tertiary/aromatic N) is 3. The van der Waals surface area contributed by atoms with Crippen molar-refractivity contribution in [1.29, 1.82) is 0 Å². The van der Waals surface area contributed by atoms with Gasteiger partial charge in [-0.2, -0.15) is 0 Å². The fourth-order valence-corrected chi connectivity index (χ4v) is 3.16. The Morgan fingerprint density at radius 1 is 1.26 bits per heavy atom. The van der Waals surface area contributed by atoms with Gasteiger partial charge in [0, 0.05) is 17.6 Å². The van der Waals surface area contributed by atoms with Gasteiger partial charge in [-0.3, -0.25) is 0 Å². The van der Waals surface area contributed by atoms with E-state index >= 15 is 0 Å². The van der Waals surface area contributed by atoms with E-state index in [0.29, 0.717) is 12.0 Å². The van der Waals surface area contributed by atoms with Crippen molar-refractivity contribution in [3.63, 3.8) is 0 Å². The lowest BCUT2D eigenvalue weighted by Gasteiger charge is -2.23. The van der Waals surface area contributed by atoms with Crippen LogP contribution in [0.15, 0.2) is 22.9 Å². The van der Waals surface area contributed by atoms with Gasteiger partial charge < -0.3 is 15.2 Å². The Morgan fingerprint density at radius 3 is 2.87 bits per heavy atom. The summed E-state index contributed by atoms with van der Waals surface area (Å²) < 4.78 is 5.47. The van der Waals surface area contributed by atoms with Crippen molar-refractivity contribution in [3.05, 3.63) is 24.0 Å². The topological polar surface area (TPSA) is 75.9 Å². The summed E-state index contributed by atoms with van der Waals surface area (Å²) in [6, 6.07) is 4.36. The van der Waals surface area contributed by atoms with Gasteiger partial charge >= 0.3 is 0 Å². The average Bonchev–Trinajstić information content (AvgIpc) is 3.00. The van der Waals surface area contributed by atoms with E-state index in [4.69, 9.17) is 9.51 Å². The van der Waals surface area contributed by atoms with Gasteiger partial charge in [0.05, 0.1) is 16.6 Å². The third-order valence-electron chi connectivity index (χ3n) is 4.43. The molecule has 6 nitrogen and oxygen atoms in total. The molecule has 0 bridgehead atoms. The van der Waals surface area contributed by atoms with E-state index in [1.54, 1.807) is 0 Å². The molecule has 6 heteroatoms. The first-order valence-corrected chi connectivity index (χ1v) is 8.24. The smallest absolute Gasteiger partial charge is 0.223 e. The van der Waals surface area contributed by atoms with E-state index in [-0.39, 0.29) is 5.92 Å². The van der Waals surface area contributed by atoms with Crippen molar-refractivity contribution in [1.82, 2.24) is 20.4 Å². The number of rotatable bonds is 3. The first-order chi connectivity index (χ1) is 11.2. The molecule has 1 aliphatic heterocycles. The Bertz CT molecular complexity index is 835. The number of benzene rings is 1. The van der Waals surface area contributed by atoms with Gasteiger partial charge in [-0.1, -0.05) is 19.0 Å². The van der Waals surface area contributed by atoms with Crippen LogP contribution in [-0.2, 0) is 0 Å². The summed E-state index contributed by atoms with van der Waals surface area (Å²) in [5.41, 5.74) is 2.66. The van der Waals surface area contributed by atoms with E-state index in [9.17, 15) is 0 Å². The molecule has 120 valence electrons. The van der Waals surface area contributed by atoms with Crippen molar-refractivity contribution in [2.24, 2.45) is 0 Å². The van der Waals surface area contributed by atoms with Gasteiger partial charge in [0.15, 0.2) is 5.58 Å². The van der Waals surface area contributed by atoms with Gasteiger partial charge in [-0.25, -0.2) is 9.97 Å². The third-order valence-corrected chi connectivity index (χ3v) is 4.43. The van der Waals surface area contributed by atoms with Gasteiger partial charge in [-0.15, -0.1) is 0 Å². The van der Waals surface area contributed by atoms with E-state index in [2.05, 4.69) is 34.6 Å². The number of fused-ring (bicyclic) bond motifs is 3. The van der Waals surface area contributed by atoms with Crippen LogP contribution in [0.3, 0.4) is 0 Å². The molecule has 0 saturated carbocycles. The molecule has 23 heavy (non-hydrogen) atoms. The van der Waals surface area contributed by atoms with Crippen LogP contribution in [0, 0.1) is 0 Å². The molecule has 2 aromatic heterocycles. The summed E-state index contributed by atoms with van der Waals surface area (Å²) in [5.74, 6) is 0.977. The summed E-state index contributed by atoms with van der Waals surface area (Å²) >= 11 is 0. The molecular weight excluding hydrogens is 290 g/mol. The molecule has 0 unspecified atom stereocenters. The second-order valence-corrected chi connectivity index (χ2v) is 6.46. The fourth-order valence-electron chi connectivity index (χ4n) is 3.16. The van der Waals surface area contributed by atoms with Gasteiger partial charge in [0.1, 0.15) is 0 Å². The van der Waals surface area contributed by atoms with Gasteiger partial charge in [-0.05, 0) is 44.0 Å². The summed E-state index contributed by atoms with van der Waals surface area (Å²) in [6.45, 7) is 6.31. The molecule has 1 aliphatic rings. The number of aromatic nitrogens is 3. The Hall–Kier alpha value is -2.21. The first-order valence-electron chi connectivity index (χ1n) is 8.24. The van der Waals surface area contributed by atoms with E-state index in [0.717, 1.165) is 53.5 Å². The predicted molar refractivity (Wildman–Crippen MR) is 90.7 cm³/mol. The van der Waals surface area contributed by atoms with Crippen LogP contribution in [0.1, 0.15) is 38.3 Å². The third kappa shape index (κ3) is 2.63. The molecule has 3 heterocycles. The summed E-state index contributed by atoms with van der Waals surface area (Å²) in [5, 5.41) is 13.1. The minimum Gasteiger partial charge on any atom is -0.356 e. The van der Waals surface area contributed by atoms with Crippen molar-refractivity contribution in [2.45, 2.75) is 38.6 Å². The van der Waals surface area contributed by atoms with Crippen molar-refractivity contribution in [3.8, 4) is 0 Å². The number of nitrogens with one attached hydrogen (secondary N) is 2. The second-order valence-electron chi connectivity index (χ2n) is 6.46. The molecule has 0 atom stereocenters. The Morgan fingerprint density at radius 2 is 2.09 bits per heavy atom. The van der Waals surface area contributed by atoms with Crippen molar-refractivity contribution in [2.75, 3.05) is 18.4 Å². The van der Waals surface area contributed by atoms with Gasteiger partial charge in [0.25, 0.3) is 0 Å². The second kappa shape index (κ2) is 5.77. The molecule has 0 aliphatic carbocycles. The summed E-state index contributed by atoms with van der Waals surface area (Å²) in [6.07, 6.45) is 4.06. The van der Waals surface area contributed by atoms with E-state index < -0.39 is 0 Å². The Balaban J connectivity index is 1.79. The minimum absolute atomic E-state index is 0.289. The molecule has 2 N–H and O–H groups in total. The van der Waals surface area contributed by atoms with Crippen LogP contribution in [-0.4, -0.2) is 34.3 Å². The van der Waals surface area contributed by atoms with Crippen molar-refractivity contribution < 1.29 is 4.52 Å². The quantitative estimate of drug-likeness (QED) is 0.774. The average molecular weight is 311 g/mol. The van der Waals surface area contributed by atoms with Crippen molar-refractivity contribution >= 4 is 27.8 Å². The zero-order valence-corrected chi connectivity index (χ0v) is 13.5. The zero-order valence-electron chi connectivity index (χ0n) is 13.5. The molecule has 1 saturated heterocycles. The molecule has 0 radical (unpaired) electrons. The molecule has 3 aromatic rings. The number of anilines is 1. The Labute approximate surface area is 134 Å².